The van der Waals surface area contributed by atoms with Crippen LogP contribution in [0, 0.1) is 24.5 Å². The Bertz CT molecular complexity index is 1010. The van der Waals surface area contributed by atoms with Gasteiger partial charge in [0.2, 0.25) is 0 Å². The van der Waals surface area contributed by atoms with Crippen LogP contribution >= 0.6 is 0 Å². The zero-order valence-electron chi connectivity index (χ0n) is 23.5. The van der Waals surface area contributed by atoms with Crippen LogP contribution in [-0.2, 0) is 11.2 Å². The molecule has 38 heavy (non-hydrogen) atoms. The average Bonchev–Trinajstić information content (AvgIpc) is 3.20. The van der Waals surface area contributed by atoms with E-state index in [2.05, 4.69) is 26.1 Å². The van der Waals surface area contributed by atoms with Crippen LogP contribution in [-0.4, -0.2) is 47.7 Å². The summed E-state index contributed by atoms with van der Waals surface area (Å²) >= 11 is 0. The number of aliphatic hydroxyl groups excluding tert-OH is 2. The second-order valence-corrected chi connectivity index (χ2v) is 10.0. The Morgan fingerprint density at radius 2 is 1.79 bits per heavy atom. The third-order valence-electron chi connectivity index (χ3n) is 5.66. The maximum atomic E-state index is 14.1. The van der Waals surface area contributed by atoms with Crippen molar-refractivity contribution in [2.45, 2.75) is 66.1 Å². The molecule has 0 amide bonds. The summed E-state index contributed by atoms with van der Waals surface area (Å²) in [5.41, 5.74) is 8.97. The topological polar surface area (TPSA) is 93.1 Å². The molecule has 1 fully saturated rings. The molecule has 0 radical (unpaired) electrons. The fourth-order valence-corrected chi connectivity index (χ4v) is 3.88. The van der Waals surface area contributed by atoms with Crippen molar-refractivity contribution in [1.29, 1.82) is 0 Å². The van der Waals surface area contributed by atoms with Crippen molar-refractivity contribution in [1.82, 2.24) is 4.90 Å². The van der Waals surface area contributed by atoms with Crippen LogP contribution < -0.4 is 57.1 Å². The third-order valence-corrected chi connectivity index (χ3v) is 5.66. The maximum Gasteiger partial charge on any atom is 1.00 e. The molecular formula is C29H42F2KN3O3. The van der Waals surface area contributed by atoms with Crippen LogP contribution in [0.4, 0.5) is 20.2 Å². The van der Waals surface area contributed by atoms with Crippen LogP contribution in [0.25, 0.3) is 5.32 Å². The Kier molecular flexibility index (Phi) is 16.9. The van der Waals surface area contributed by atoms with Crippen molar-refractivity contribution in [3.05, 3.63) is 75.9 Å². The predicted octanol–water partition coefficient (Wildman–Crippen LogP) is 3.18. The summed E-state index contributed by atoms with van der Waals surface area (Å²) in [6.45, 7) is 10.1. The third kappa shape index (κ3) is 12.4. The first kappa shape index (κ1) is 35.0. The molecule has 6 nitrogen and oxygen atoms in total. The van der Waals surface area contributed by atoms with Gasteiger partial charge in [-0.15, -0.1) is 0 Å². The van der Waals surface area contributed by atoms with E-state index in [1.807, 2.05) is 11.0 Å². The fraction of sp³-hybridized carbons (Fsp3) is 0.517. The number of β-amino-alcohol motifs (C(OH)–C–C–N with tert-alkyl or cyclic N) is 1. The molecule has 0 aromatic heterocycles. The molecule has 9 heteroatoms. The minimum Gasteiger partial charge on any atom is -0.466 e. The molecule has 2 aliphatic heterocycles. The standard InChI is InChI=1S/C20H22F2N3O.C5H10O2.C4H10.K/c1-13-10-14(2-4-17(13)21)11-15-6-7-25(8-9-26)20(15)24-19-12-16(23)3-5-18(19)22;6-5-3-1-2-4-7-5;1-4(2)3;/h2-5,10,12,26H,6-9,11,23H2,1H3;5-6H,1-4H2;4H,1-3H3;/q-1;;;+1. The van der Waals surface area contributed by atoms with Gasteiger partial charge in [0.05, 0.1) is 0 Å². The van der Waals surface area contributed by atoms with Gasteiger partial charge in [-0.1, -0.05) is 44.3 Å². The quantitative estimate of drug-likeness (QED) is 0.375. The van der Waals surface area contributed by atoms with Gasteiger partial charge in [0.25, 0.3) is 0 Å². The number of hydrogen-bond donors (Lipinski definition) is 3. The van der Waals surface area contributed by atoms with Crippen molar-refractivity contribution in [3.8, 4) is 0 Å². The first-order chi connectivity index (χ1) is 17.6. The summed E-state index contributed by atoms with van der Waals surface area (Å²) in [7, 11) is 0. The molecule has 0 saturated carbocycles. The van der Waals surface area contributed by atoms with Gasteiger partial charge in [-0.25, -0.2) is 8.78 Å². The number of halogens is 2. The molecule has 2 aromatic carbocycles. The van der Waals surface area contributed by atoms with Gasteiger partial charge in [0.15, 0.2) is 6.29 Å². The molecule has 0 bridgehead atoms. The number of ether oxygens (including phenoxy) is 1. The zero-order valence-corrected chi connectivity index (χ0v) is 26.6. The Balaban J connectivity index is 0.000000503. The molecule has 206 valence electrons. The van der Waals surface area contributed by atoms with Gasteiger partial charge < -0.3 is 30.9 Å². The monoisotopic (exact) mass is 557 g/mol. The van der Waals surface area contributed by atoms with Crippen LogP contribution in [0.15, 0.2) is 47.8 Å². The summed E-state index contributed by atoms with van der Waals surface area (Å²) < 4.78 is 32.4. The van der Waals surface area contributed by atoms with E-state index in [1.54, 1.807) is 13.0 Å². The Labute approximate surface area is 269 Å². The van der Waals surface area contributed by atoms with Gasteiger partial charge in [-0.05, 0) is 99.1 Å². The zero-order chi connectivity index (χ0) is 27.4. The number of anilines is 1. The second kappa shape index (κ2) is 18.3. The predicted molar refractivity (Wildman–Crippen MR) is 145 cm³/mol. The first-order valence-corrected chi connectivity index (χ1v) is 13.0. The van der Waals surface area contributed by atoms with E-state index < -0.39 is 12.1 Å². The van der Waals surface area contributed by atoms with Crippen molar-refractivity contribution >= 4 is 11.4 Å². The van der Waals surface area contributed by atoms with Gasteiger partial charge in [0.1, 0.15) is 11.6 Å². The minimum absolute atomic E-state index is 0. The molecule has 1 saturated heterocycles. The molecule has 2 heterocycles. The summed E-state index contributed by atoms with van der Waals surface area (Å²) in [5, 5.41) is 22.5. The normalized spacial score (nSPS) is 16.8. The number of nitrogens with zero attached hydrogens (tertiary/aromatic N) is 2. The molecule has 4 N–H and O–H groups in total. The Hall–Kier alpha value is -1.04. The molecular weight excluding hydrogens is 515 g/mol. The number of nitrogens with two attached hydrogens (primary N) is 1. The first-order valence-electron chi connectivity index (χ1n) is 13.0. The minimum atomic E-state index is -0.464. The van der Waals surface area contributed by atoms with Crippen LogP contribution in [0.2, 0.25) is 0 Å². The number of nitrogen functional groups attached to an aromatic ring is 1. The van der Waals surface area contributed by atoms with E-state index in [0.717, 1.165) is 49.3 Å². The van der Waals surface area contributed by atoms with Crippen LogP contribution in [0.3, 0.4) is 0 Å². The van der Waals surface area contributed by atoms with Crippen molar-refractivity contribution < 1.29 is 75.1 Å². The largest absolute Gasteiger partial charge is 1.00 e. The SMILES string of the molecule is CC(C)C.Cc1cc(CC2=C([N-]c3cc(N)ccc3F)N(CCO)CC2)ccc1F.OC1CCCCO1.[K+]. The van der Waals surface area contributed by atoms with Gasteiger partial charge in [-0.2, -0.15) is 0 Å². The fourth-order valence-electron chi connectivity index (χ4n) is 3.88. The van der Waals surface area contributed by atoms with Crippen molar-refractivity contribution in [2.75, 3.05) is 32.0 Å². The second-order valence-electron chi connectivity index (χ2n) is 10.0. The summed E-state index contributed by atoms with van der Waals surface area (Å²) in [4.78, 5) is 1.94. The molecule has 1 unspecified atom stereocenters. The summed E-state index contributed by atoms with van der Waals surface area (Å²) in [6.07, 6.45) is 3.94. The molecule has 2 aliphatic rings. The Morgan fingerprint density at radius 1 is 1.11 bits per heavy atom. The van der Waals surface area contributed by atoms with Gasteiger partial charge >= 0.3 is 51.4 Å². The number of hydrogen-bond acceptors (Lipinski definition) is 5. The van der Waals surface area contributed by atoms with E-state index in [-0.39, 0.29) is 69.5 Å². The smallest absolute Gasteiger partial charge is 0.466 e. The Morgan fingerprint density at radius 3 is 2.34 bits per heavy atom. The maximum absolute atomic E-state index is 14.1. The van der Waals surface area contributed by atoms with E-state index in [1.165, 1.54) is 24.3 Å². The number of aliphatic hydroxyl groups is 2. The number of benzene rings is 2. The van der Waals surface area contributed by atoms with Crippen molar-refractivity contribution in [3.63, 3.8) is 0 Å². The van der Waals surface area contributed by atoms with Crippen molar-refractivity contribution in [2.24, 2.45) is 5.92 Å². The molecule has 4 rings (SSSR count). The summed E-state index contributed by atoms with van der Waals surface area (Å²) in [6, 6.07) is 9.31. The molecule has 1 atom stereocenters. The van der Waals surface area contributed by atoms with Gasteiger partial charge in [0, 0.05) is 18.9 Å². The number of rotatable bonds is 6. The summed E-state index contributed by atoms with van der Waals surface area (Å²) in [5.74, 6) is 0.813. The molecule has 2 aromatic rings. The van der Waals surface area contributed by atoms with E-state index >= 15 is 0 Å². The molecule has 0 aliphatic carbocycles. The van der Waals surface area contributed by atoms with E-state index in [0.29, 0.717) is 36.6 Å². The van der Waals surface area contributed by atoms with Crippen LogP contribution in [0.5, 0.6) is 0 Å². The number of aryl methyl sites for hydroxylation is 1. The van der Waals surface area contributed by atoms with Gasteiger partial charge in [-0.3, -0.25) is 0 Å². The molecule has 0 spiro atoms. The van der Waals surface area contributed by atoms with Crippen LogP contribution in [0.1, 0.15) is 57.6 Å². The van der Waals surface area contributed by atoms with E-state index in [4.69, 9.17) is 15.6 Å². The van der Waals surface area contributed by atoms with E-state index in [9.17, 15) is 13.9 Å². The average molecular weight is 558 g/mol.